The van der Waals surface area contributed by atoms with Crippen LogP contribution in [0.1, 0.15) is 6.92 Å². The summed E-state index contributed by atoms with van der Waals surface area (Å²) < 4.78 is 10.8. The number of nitrogens with zero attached hydrogens (tertiary/aromatic N) is 3. The zero-order valence-corrected chi connectivity index (χ0v) is 16.2. The number of ether oxygens (including phenoxy) is 2. The topological polar surface area (TPSA) is 37.8 Å². The molecular weight excluding hydrogens is 350 g/mol. The predicted molar refractivity (Wildman–Crippen MR) is 113 cm³/mol. The molecule has 0 saturated heterocycles. The van der Waals surface area contributed by atoms with E-state index in [1.54, 1.807) is 20.4 Å². The quantitative estimate of drug-likeness (QED) is 0.635. The summed E-state index contributed by atoms with van der Waals surface area (Å²) in [5, 5.41) is 0. The number of anilines is 2. The Morgan fingerprint density at radius 3 is 2.11 bits per heavy atom. The van der Waals surface area contributed by atoms with Crippen molar-refractivity contribution in [1.29, 1.82) is 0 Å². The van der Waals surface area contributed by atoms with Crippen molar-refractivity contribution >= 4 is 11.4 Å². The molecule has 1 aliphatic rings. The Bertz CT molecular complexity index is 971. The summed E-state index contributed by atoms with van der Waals surface area (Å²) in [6.07, 6.45) is 7.99. The van der Waals surface area contributed by atoms with Gasteiger partial charge in [0.15, 0.2) is 11.5 Å². The minimum atomic E-state index is 0.141. The fourth-order valence-corrected chi connectivity index (χ4v) is 3.48. The third-order valence-electron chi connectivity index (χ3n) is 5.02. The number of methoxy groups -OCH3 is 2. The minimum Gasteiger partial charge on any atom is -0.493 e. The first-order chi connectivity index (χ1) is 13.7. The third-order valence-corrected chi connectivity index (χ3v) is 5.02. The number of hydrogen-bond acceptors (Lipinski definition) is 5. The van der Waals surface area contributed by atoms with Gasteiger partial charge in [-0.3, -0.25) is 4.98 Å². The van der Waals surface area contributed by atoms with Crippen molar-refractivity contribution in [2.75, 3.05) is 24.0 Å². The van der Waals surface area contributed by atoms with Gasteiger partial charge in [0, 0.05) is 42.2 Å². The number of aromatic nitrogens is 1. The van der Waals surface area contributed by atoms with Gasteiger partial charge in [0.05, 0.1) is 14.2 Å². The van der Waals surface area contributed by atoms with Gasteiger partial charge in [0.1, 0.15) is 6.17 Å². The Morgan fingerprint density at radius 1 is 0.786 bits per heavy atom. The predicted octanol–water partition coefficient (Wildman–Crippen LogP) is 4.91. The van der Waals surface area contributed by atoms with Crippen LogP contribution in [0.5, 0.6) is 11.5 Å². The second kappa shape index (κ2) is 7.64. The van der Waals surface area contributed by atoms with Crippen molar-refractivity contribution in [1.82, 2.24) is 4.98 Å². The van der Waals surface area contributed by atoms with E-state index in [2.05, 4.69) is 64.4 Å². The van der Waals surface area contributed by atoms with Crippen LogP contribution in [0.25, 0.3) is 11.1 Å². The third kappa shape index (κ3) is 3.27. The number of hydrogen-bond donors (Lipinski definition) is 0. The average molecular weight is 373 g/mol. The molecule has 1 aliphatic heterocycles. The average Bonchev–Trinajstić information content (AvgIpc) is 3.15. The van der Waals surface area contributed by atoms with E-state index in [9.17, 15) is 0 Å². The Labute approximate surface area is 165 Å². The van der Waals surface area contributed by atoms with Crippen molar-refractivity contribution in [3.63, 3.8) is 0 Å². The summed E-state index contributed by atoms with van der Waals surface area (Å²) in [4.78, 5) is 8.64. The first kappa shape index (κ1) is 17.9. The van der Waals surface area contributed by atoms with Gasteiger partial charge in [-0.1, -0.05) is 18.2 Å². The molecule has 28 heavy (non-hydrogen) atoms. The molecule has 0 bridgehead atoms. The van der Waals surface area contributed by atoms with Crippen LogP contribution in [-0.2, 0) is 0 Å². The summed E-state index contributed by atoms with van der Waals surface area (Å²) in [5.41, 5.74) is 4.46. The molecular formula is C23H23N3O2. The van der Waals surface area contributed by atoms with Gasteiger partial charge in [0.2, 0.25) is 0 Å². The maximum absolute atomic E-state index is 5.44. The molecule has 5 nitrogen and oxygen atoms in total. The van der Waals surface area contributed by atoms with Gasteiger partial charge in [-0.2, -0.15) is 0 Å². The highest BCUT2D eigenvalue weighted by Gasteiger charge is 2.25. The molecule has 0 saturated carbocycles. The lowest BCUT2D eigenvalue weighted by molar-refractivity contribution is 0.355. The van der Waals surface area contributed by atoms with Crippen molar-refractivity contribution < 1.29 is 9.47 Å². The van der Waals surface area contributed by atoms with Crippen molar-refractivity contribution in [3.05, 3.63) is 79.4 Å². The van der Waals surface area contributed by atoms with Gasteiger partial charge in [-0.15, -0.1) is 0 Å². The lowest BCUT2D eigenvalue weighted by Crippen LogP contribution is -2.35. The molecule has 0 N–H and O–H groups in total. The Hall–Kier alpha value is -3.47. The molecule has 0 spiro atoms. The van der Waals surface area contributed by atoms with Crippen molar-refractivity contribution in [2.24, 2.45) is 0 Å². The fraction of sp³-hybridized carbons (Fsp3) is 0.174. The zero-order chi connectivity index (χ0) is 19.5. The summed E-state index contributed by atoms with van der Waals surface area (Å²) in [5.74, 6) is 1.45. The van der Waals surface area contributed by atoms with Gasteiger partial charge in [0.25, 0.3) is 0 Å². The van der Waals surface area contributed by atoms with Crippen molar-refractivity contribution in [3.8, 4) is 22.6 Å². The van der Waals surface area contributed by atoms with Crippen LogP contribution in [0, 0.1) is 0 Å². The van der Waals surface area contributed by atoms with Crippen LogP contribution in [-0.4, -0.2) is 25.4 Å². The van der Waals surface area contributed by atoms with Crippen LogP contribution in [0.3, 0.4) is 0 Å². The van der Waals surface area contributed by atoms with Gasteiger partial charge in [-0.05, 0) is 48.4 Å². The maximum Gasteiger partial charge on any atom is 0.162 e. The van der Waals surface area contributed by atoms with E-state index in [1.807, 2.05) is 30.5 Å². The largest absolute Gasteiger partial charge is 0.493 e. The van der Waals surface area contributed by atoms with Crippen LogP contribution < -0.4 is 19.3 Å². The molecule has 2 aromatic carbocycles. The number of benzene rings is 2. The zero-order valence-electron chi connectivity index (χ0n) is 16.2. The van der Waals surface area contributed by atoms with Gasteiger partial charge in [-0.25, -0.2) is 0 Å². The van der Waals surface area contributed by atoms with E-state index in [0.29, 0.717) is 0 Å². The van der Waals surface area contributed by atoms with Crippen molar-refractivity contribution in [2.45, 2.75) is 13.1 Å². The molecule has 1 aromatic heterocycles. The van der Waals surface area contributed by atoms with Crippen LogP contribution in [0.2, 0.25) is 0 Å². The smallest absolute Gasteiger partial charge is 0.162 e. The standard InChI is InChI=1S/C23H23N3O2/c1-17-25(20-8-6-18(7-9-20)19-5-4-12-24-16-19)13-14-26(17)21-10-11-22(27-2)23(15-21)28-3/h4-17H,1-3H3. The van der Waals surface area contributed by atoms with Crippen LogP contribution in [0.4, 0.5) is 11.4 Å². The summed E-state index contributed by atoms with van der Waals surface area (Å²) in [6, 6.07) is 18.5. The Morgan fingerprint density at radius 2 is 1.46 bits per heavy atom. The van der Waals surface area contributed by atoms with E-state index < -0.39 is 0 Å². The first-order valence-corrected chi connectivity index (χ1v) is 9.19. The Kier molecular flexibility index (Phi) is 4.89. The fourth-order valence-electron chi connectivity index (χ4n) is 3.48. The Balaban J connectivity index is 1.55. The molecule has 0 amide bonds. The molecule has 0 aliphatic carbocycles. The highest BCUT2D eigenvalue weighted by Crippen LogP contribution is 2.35. The van der Waals surface area contributed by atoms with E-state index in [-0.39, 0.29) is 6.17 Å². The first-order valence-electron chi connectivity index (χ1n) is 9.19. The molecule has 1 unspecified atom stereocenters. The molecule has 0 radical (unpaired) electrons. The molecule has 142 valence electrons. The number of rotatable bonds is 5. The lowest BCUT2D eigenvalue weighted by atomic mass is 10.1. The molecule has 0 fully saturated rings. The highest BCUT2D eigenvalue weighted by molar-refractivity contribution is 5.68. The maximum atomic E-state index is 5.44. The monoisotopic (exact) mass is 373 g/mol. The summed E-state index contributed by atoms with van der Waals surface area (Å²) in [7, 11) is 3.30. The summed E-state index contributed by atoms with van der Waals surface area (Å²) in [6.45, 7) is 2.17. The lowest BCUT2D eigenvalue weighted by Gasteiger charge is -2.30. The molecule has 3 aromatic rings. The second-order valence-electron chi connectivity index (χ2n) is 6.57. The minimum absolute atomic E-state index is 0.141. The number of pyridine rings is 1. The van der Waals surface area contributed by atoms with E-state index >= 15 is 0 Å². The molecule has 4 rings (SSSR count). The normalized spacial score (nSPS) is 15.8. The highest BCUT2D eigenvalue weighted by atomic mass is 16.5. The van der Waals surface area contributed by atoms with E-state index in [4.69, 9.17) is 9.47 Å². The molecule has 2 heterocycles. The molecule has 1 atom stereocenters. The SMILES string of the molecule is COc1ccc(N2C=CN(c3ccc(-c4cccnc4)cc3)C2C)cc1OC. The second-order valence-corrected chi connectivity index (χ2v) is 6.57. The van der Waals surface area contributed by atoms with E-state index in [0.717, 1.165) is 34.0 Å². The molecule has 5 heteroatoms. The van der Waals surface area contributed by atoms with Gasteiger partial charge >= 0.3 is 0 Å². The van der Waals surface area contributed by atoms with E-state index in [1.165, 1.54) is 0 Å². The van der Waals surface area contributed by atoms with Crippen LogP contribution in [0.15, 0.2) is 79.4 Å². The van der Waals surface area contributed by atoms with Crippen LogP contribution >= 0.6 is 0 Å². The van der Waals surface area contributed by atoms with Gasteiger partial charge < -0.3 is 19.3 Å². The summed E-state index contributed by atoms with van der Waals surface area (Å²) >= 11 is 0.